The van der Waals surface area contributed by atoms with Gasteiger partial charge in [-0.15, -0.1) is 0 Å². The van der Waals surface area contributed by atoms with Crippen molar-refractivity contribution in [2.45, 2.75) is 0 Å². The Balaban J connectivity index is 3.24. The van der Waals surface area contributed by atoms with E-state index in [-0.39, 0.29) is 0 Å². The second-order valence-corrected chi connectivity index (χ2v) is 0.942. The van der Waals surface area contributed by atoms with Gasteiger partial charge in [-0.05, 0) is 0 Å². The molecule has 0 aliphatic heterocycles. The molecule has 0 saturated heterocycles. The highest BCUT2D eigenvalue weighted by molar-refractivity contribution is 5.58. The topological polar surface area (TPSA) is 54.0 Å². The highest BCUT2D eigenvalue weighted by Crippen LogP contribution is 1.87. The summed E-state index contributed by atoms with van der Waals surface area (Å²) in [4.78, 5) is 25.8. The molecule has 0 bridgehead atoms. The van der Waals surface area contributed by atoms with Crippen molar-refractivity contribution in [1.29, 1.82) is 0 Å². The normalized spacial score (nSPS) is 7.20. The smallest absolute Gasteiger partial charge is 0.292 e. The number of hydrogen-bond donors (Lipinski definition) is 0. The van der Waals surface area contributed by atoms with Crippen LogP contribution in [0.1, 0.15) is 0 Å². The van der Waals surface area contributed by atoms with Gasteiger partial charge in [-0.3, -0.25) is 9.78 Å². The second kappa shape index (κ2) is 5.49. The molecule has 5 nitrogen and oxygen atoms in total. The molecule has 0 fully saturated rings. The molecule has 0 spiro atoms. The van der Waals surface area contributed by atoms with Crippen molar-refractivity contribution in [3.8, 4) is 0 Å². The third-order valence-electron chi connectivity index (χ3n) is 0.368. The molecular formula is C5H6O5. The lowest BCUT2D eigenvalue weighted by Gasteiger charge is -1.97. The van der Waals surface area contributed by atoms with Crippen molar-refractivity contribution in [1.82, 2.24) is 0 Å². The standard InChI is InChI=1S/C5H6O5/c1-3-7-9-5(6)10-8-4-2/h3-4H,1-2H2. The SMILES string of the molecule is C=COOC(=O)OOC=C. The Bertz CT molecular complexity index is 116. The van der Waals surface area contributed by atoms with E-state index in [1.165, 1.54) is 0 Å². The number of carbonyl (C=O) groups excluding carboxylic acids is 1. The Labute approximate surface area is 57.3 Å². The van der Waals surface area contributed by atoms with Crippen molar-refractivity contribution in [2.24, 2.45) is 0 Å². The van der Waals surface area contributed by atoms with E-state index in [9.17, 15) is 4.79 Å². The van der Waals surface area contributed by atoms with Crippen LogP contribution < -0.4 is 0 Å². The first-order valence-corrected chi connectivity index (χ1v) is 2.23. The first kappa shape index (κ1) is 8.35. The predicted molar refractivity (Wildman–Crippen MR) is 30.1 cm³/mol. The van der Waals surface area contributed by atoms with E-state index in [2.05, 4.69) is 32.7 Å². The Morgan fingerprint density at radius 2 is 1.50 bits per heavy atom. The molecule has 0 aromatic heterocycles. The third kappa shape index (κ3) is 4.51. The van der Waals surface area contributed by atoms with Crippen molar-refractivity contribution >= 4 is 6.16 Å². The van der Waals surface area contributed by atoms with E-state index < -0.39 is 6.16 Å². The molecule has 0 N–H and O–H groups in total. The Morgan fingerprint density at radius 3 is 1.80 bits per heavy atom. The van der Waals surface area contributed by atoms with Crippen molar-refractivity contribution < 1.29 is 24.3 Å². The van der Waals surface area contributed by atoms with Gasteiger partial charge in [0.1, 0.15) is 12.5 Å². The summed E-state index contributed by atoms with van der Waals surface area (Å²) in [5, 5.41) is 0. The minimum atomic E-state index is -1.14. The molecule has 0 atom stereocenters. The van der Waals surface area contributed by atoms with Crippen LogP contribution in [-0.4, -0.2) is 6.16 Å². The average molecular weight is 146 g/mol. The van der Waals surface area contributed by atoms with Crippen LogP contribution in [0.4, 0.5) is 4.79 Å². The fourth-order valence-corrected chi connectivity index (χ4v) is 0.160. The summed E-state index contributed by atoms with van der Waals surface area (Å²) in [5.74, 6) is 0. The Morgan fingerprint density at radius 1 is 1.10 bits per heavy atom. The molecule has 0 aromatic rings. The summed E-state index contributed by atoms with van der Waals surface area (Å²) in [5.41, 5.74) is 0. The van der Waals surface area contributed by atoms with E-state index in [4.69, 9.17) is 0 Å². The van der Waals surface area contributed by atoms with Gasteiger partial charge in [-0.2, -0.15) is 4.79 Å². The van der Waals surface area contributed by atoms with Crippen LogP contribution in [0.25, 0.3) is 0 Å². The third-order valence-corrected chi connectivity index (χ3v) is 0.368. The second-order valence-electron chi connectivity index (χ2n) is 0.942. The quantitative estimate of drug-likeness (QED) is 0.340. The molecule has 0 rings (SSSR count). The molecule has 0 aromatic carbocycles. The molecule has 0 aliphatic rings. The van der Waals surface area contributed by atoms with Crippen LogP contribution in [0.15, 0.2) is 25.7 Å². The molecule has 0 saturated carbocycles. The number of hydrogen-bond acceptors (Lipinski definition) is 5. The maximum atomic E-state index is 10.2. The highest BCUT2D eigenvalue weighted by Gasteiger charge is 2.03. The minimum Gasteiger partial charge on any atom is -0.292 e. The van der Waals surface area contributed by atoms with Crippen LogP contribution in [0.2, 0.25) is 0 Å². The van der Waals surface area contributed by atoms with Crippen LogP contribution in [-0.2, 0) is 19.6 Å². The van der Waals surface area contributed by atoms with E-state index in [0.717, 1.165) is 12.5 Å². The molecule has 5 heteroatoms. The summed E-state index contributed by atoms with van der Waals surface area (Å²) in [6.07, 6.45) is 0.685. The van der Waals surface area contributed by atoms with Gasteiger partial charge in [-0.1, -0.05) is 13.2 Å². The van der Waals surface area contributed by atoms with E-state index >= 15 is 0 Å². The summed E-state index contributed by atoms with van der Waals surface area (Å²) >= 11 is 0. The highest BCUT2D eigenvalue weighted by atomic mass is 17.3. The fourth-order valence-electron chi connectivity index (χ4n) is 0.160. The van der Waals surface area contributed by atoms with Crippen molar-refractivity contribution in [2.75, 3.05) is 0 Å². The minimum absolute atomic E-state index is 0.912. The lowest BCUT2D eigenvalue weighted by molar-refractivity contribution is -0.275. The van der Waals surface area contributed by atoms with Gasteiger partial charge < -0.3 is 0 Å². The predicted octanol–water partition coefficient (Wildman–Crippen LogP) is 1.29. The Hall–Kier alpha value is -1.65. The van der Waals surface area contributed by atoms with Gasteiger partial charge in [0.05, 0.1) is 0 Å². The van der Waals surface area contributed by atoms with Gasteiger partial charge in [0.2, 0.25) is 0 Å². The Kier molecular flexibility index (Phi) is 4.58. The molecule has 0 heterocycles. The van der Waals surface area contributed by atoms with E-state index in [1.807, 2.05) is 0 Å². The summed E-state index contributed by atoms with van der Waals surface area (Å²) in [6, 6.07) is 0. The van der Waals surface area contributed by atoms with Crippen LogP contribution in [0.3, 0.4) is 0 Å². The average Bonchev–Trinajstić information content (AvgIpc) is 1.97. The van der Waals surface area contributed by atoms with E-state index in [1.54, 1.807) is 0 Å². The zero-order valence-electron chi connectivity index (χ0n) is 5.11. The van der Waals surface area contributed by atoms with Crippen LogP contribution in [0.5, 0.6) is 0 Å². The summed E-state index contributed by atoms with van der Waals surface area (Å²) in [7, 11) is 0. The molecule has 0 amide bonds. The number of carbonyl (C=O) groups is 1. The maximum absolute atomic E-state index is 10.2. The zero-order valence-corrected chi connectivity index (χ0v) is 5.11. The van der Waals surface area contributed by atoms with Gasteiger partial charge in [0.25, 0.3) is 0 Å². The fraction of sp³-hybridized carbons (Fsp3) is 0. The first-order valence-electron chi connectivity index (χ1n) is 2.23. The van der Waals surface area contributed by atoms with Gasteiger partial charge in [-0.25, -0.2) is 9.78 Å². The van der Waals surface area contributed by atoms with Gasteiger partial charge >= 0.3 is 6.16 Å². The monoisotopic (exact) mass is 146 g/mol. The van der Waals surface area contributed by atoms with Crippen molar-refractivity contribution in [3.05, 3.63) is 25.7 Å². The molecule has 56 valence electrons. The first-order chi connectivity index (χ1) is 4.81. The zero-order chi connectivity index (χ0) is 7.82. The molecular weight excluding hydrogens is 140 g/mol. The molecule has 0 aliphatic carbocycles. The van der Waals surface area contributed by atoms with Crippen LogP contribution in [0, 0.1) is 0 Å². The van der Waals surface area contributed by atoms with Gasteiger partial charge in [0, 0.05) is 0 Å². The maximum Gasteiger partial charge on any atom is 0.591 e. The van der Waals surface area contributed by atoms with E-state index in [0.29, 0.717) is 0 Å². The molecule has 10 heavy (non-hydrogen) atoms. The number of rotatable bonds is 4. The van der Waals surface area contributed by atoms with Crippen molar-refractivity contribution in [3.63, 3.8) is 0 Å². The largest absolute Gasteiger partial charge is 0.591 e. The lowest BCUT2D eigenvalue weighted by Crippen LogP contribution is -2.04. The lowest BCUT2D eigenvalue weighted by atomic mass is 11.2. The molecule has 0 radical (unpaired) electrons. The van der Waals surface area contributed by atoms with Gasteiger partial charge in [0.15, 0.2) is 0 Å². The van der Waals surface area contributed by atoms with Crippen LogP contribution >= 0.6 is 0 Å². The summed E-state index contributed by atoms with van der Waals surface area (Å²) in [6.45, 7) is 6.19. The molecule has 0 unspecified atom stereocenters. The summed E-state index contributed by atoms with van der Waals surface area (Å²) < 4.78 is 0.